The third-order valence-electron chi connectivity index (χ3n) is 4.10. The summed E-state index contributed by atoms with van der Waals surface area (Å²) in [6.45, 7) is 14.9. The topological polar surface area (TPSA) is 54.0 Å². The van der Waals surface area contributed by atoms with Gasteiger partial charge in [-0.3, -0.25) is 5.32 Å². The summed E-state index contributed by atoms with van der Waals surface area (Å²) in [6.07, 6.45) is 0. The molecule has 2 rings (SSSR count). The van der Waals surface area contributed by atoms with E-state index in [0.717, 1.165) is 22.5 Å². The van der Waals surface area contributed by atoms with E-state index in [1.54, 1.807) is 0 Å². The van der Waals surface area contributed by atoms with Crippen LogP contribution in [0.2, 0.25) is 0 Å². The number of nitrogens with one attached hydrogen (secondary N) is 2. The SMILES string of the molecule is CC(C)c1cccc(C(C)C)c1NC(=O)Nc1nc(C(C)(C)C)cs1. The van der Waals surface area contributed by atoms with Crippen LogP contribution in [0.4, 0.5) is 15.6 Å². The standard InChI is InChI=1S/C20H29N3OS/c1-12(2)14-9-8-10-15(13(3)4)17(14)22-18(24)23-19-21-16(11-25-19)20(5,6)7/h8-13H,1-7H3,(H2,21,22,23,24). The summed E-state index contributed by atoms with van der Waals surface area (Å²) in [7, 11) is 0. The molecule has 0 unspecified atom stereocenters. The van der Waals surface area contributed by atoms with Crippen LogP contribution >= 0.6 is 11.3 Å². The number of anilines is 2. The zero-order valence-corrected chi connectivity index (χ0v) is 17.0. The normalized spacial score (nSPS) is 11.9. The Labute approximate surface area is 155 Å². The first-order chi connectivity index (χ1) is 11.6. The monoisotopic (exact) mass is 359 g/mol. The number of carbonyl (C=O) groups excluding carboxylic acids is 1. The third kappa shape index (κ3) is 4.82. The van der Waals surface area contributed by atoms with Gasteiger partial charge in [0.2, 0.25) is 0 Å². The van der Waals surface area contributed by atoms with Gasteiger partial charge in [0, 0.05) is 16.5 Å². The van der Waals surface area contributed by atoms with Crippen LogP contribution in [0.15, 0.2) is 23.6 Å². The van der Waals surface area contributed by atoms with Crippen molar-refractivity contribution in [2.45, 2.75) is 65.7 Å². The molecule has 0 radical (unpaired) electrons. The molecule has 1 aromatic heterocycles. The second kappa shape index (κ2) is 7.56. The number of carbonyl (C=O) groups is 1. The first-order valence-electron chi connectivity index (χ1n) is 8.76. The van der Waals surface area contributed by atoms with Crippen molar-refractivity contribution < 1.29 is 4.79 Å². The van der Waals surface area contributed by atoms with Gasteiger partial charge in [-0.25, -0.2) is 9.78 Å². The minimum absolute atomic E-state index is 0.0258. The molecule has 0 spiro atoms. The number of nitrogens with zero attached hydrogens (tertiary/aromatic N) is 1. The largest absolute Gasteiger partial charge is 0.325 e. The minimum atomic E-state index is -0.246. The summed E-state index contributed by atoms with van der Waals surface area (Å²) in [5, 5.41) is 8.55. The van der Waals surface area contributed by atoms with E-state index >= 15 is 0 Å². The van der Waals surface area contributed by atoms with Crippen LogP contribution in [0.5, 0.6) is 0 Å². The quantitative estimate of drug-likeness (QED) is 0.670. The van der Waals surface area contributed by atoms with Gasteiger partial charge in [0.05, 0.1) is 5.69 Å². The number of thiazole rings is 1. The number of amides is 2. The molecule has 0 atom stereocenters. The number of rotatable bonds is 4. The summed E-state index contributed by atoms with van der Waals surface area (Å²) >= 11 is 1.45. The molecule has 0 saturated carbocycles. The molecule has 2 aromatic rings. The van der Waals surface area contributed by atoms with E-state index in [4.69, 9.17) is 0 Å². The zero-order valence-electron chi connectivity index (χ0n) is 16.2. The van der Waals surface area contributed by atoms with Crippen LogP contribution in [-0.2, 0) is 5.41 Å². The molecule has 0 saturated heterocycles. The fraction of sp³-hybridized carbons (Fsp3) is 0.500. The lowest BCUT2D eigenvalue weighted by Crippen LogP contribution is -2.22. The Kier molecular flexibility index (Phi) is 5.88. The molecule has 0 aliphatic rings. The first kappa shape index (κ1) is 19.4. The van der Waals surface area contributed by atoms with Crippen LogP contribution in [0.1, 0.15) is 77.1 Å². The molecular weight excluding hydrogens is 330 g/mol. The van der Waals surface area contributed by atoms with Gasteiger partial charge >= 0.3 is 6.03 Å². The Morgan fingerprint density at radius 2 is 1.60 bits per heavy atom. The van der Waals surface area contributed by atoms with Gasteiger partial charge in [-0.2, -0.15) is 0 Å². The molecule has 25 heavy (non-hydrogen) atoms. The number of urea groups is 1. The van der Waals surface area contributed by atoms with Crippen molar-refractivity contribution in [1.29, 1.82) is 0 Å². The third-order valence-corrected chi connectivity index (χ3v) is 4.86. The number of benzene rings is 1. The zero-order chi connectivity index (χ0) is 18.8. The van der Waals surface area contributed by atoms with Crippen molar-refractivity contribution in [1.82, 2.24) is 4.98 Å². The fourth-order valence-electron chi connectivity index (χ4n) is 2.61. The van der Waals surface area contributed by atoms with Crippen molar-refractivity contribution in [3.05, 3.63) is 40.4 Å². The van der Waals surface area contributed by atoms with Crippen molar-refractivity contribution in [2.75, 3.05) is 10.6 Å². The highest BCUT2D eigenvalue weighted by Crippen LogP contribution is 2.32. The molecule has 2 N–H and O–H groups in total. The van der Waals surface area contributed by atoms with E-state index in [9.17, 15) is 4.79 Å². The Morgan fingerprint density at radius 3 is 2.04 bits per heavy atom. The summed E-state index contributed by atoms with van der Waals surface area (Å²) in [4.78, 5) is 17.1. The van der Waals surface area contributed by atoms with E-state index in [-0.39, 0.29) is 11.4 Å². The van der Waals surface area contributed by atoms with E-state index in [1.165, 1.54) is 11.3 Å². The van der Waals surface area contributed by atoms with Gasteiger partial charge in [-0.1, -0.05) is 66.7 Å². The maximum atomic E-state index is 12.5. The Hall–Kier alpha value is -1.88. The van der Waals surface area contributed by atoms with Crippen LogP contribution < -0.4 is 10.6 Å². The van der Waals surface area contributed by atoms with Crippen LogP contribution in [-0.4, -0.2) is 11.0 Å². The lowest BCUT2D eigenvalue weighted by Gasteiger charge is -2.20. The minimum Gasteiger partial charge on any atom is -0.307 e. The molecule has 5 heteroatoms. The predicted octanol–water partition coefficient (Wildman–Crippen LogP) is 6.33. The molecule has 0 bridgehead atoms. The Balaban J connectivity index is 2.22. The molecule has 2 amide bonds. The van der Waals surface area contributed by atoms with Crippen molar-refractivity contribution in [3.8, 4) is 0 Å². The summed E-state index contributed by atoms with van der Waals surface area (Å²) < 4.78 is 0. The number of hydrogen-bond acceptors (Lipinski definition) is 3. The van der Waals surface area contributed by atoms with Crippen molar-refractivity contribution in [2.24, 2.45) is 0 Å². The number of para-hydroxylation sites is 1. The smallest absolute Gasteiger partial charge is 0.307 e. The summed E-state index contributed by atoms with van der Waals surface area (Å²) in [6, 6.07) is 5.97. The molecule has 1 aromatic carbocycles. The maximum Gasteiger partial charge on any atom is 0.325 e. The van der Waals surface area contributed by atoms with E-state index in [2.05, 4.69) is 82.3 Å². The Bertz CT molecular complexity index is 715. The van der Waals surface area contributed by atoms with Gasteiger partial charge in [-0.05, 0) is 23.0 Å². The van der Waals surface area contributed by atoms with E-state index in [0.29, 0.717) is 17.0 Å². The van der Waals surface area contributed by atoms with Gasteiger partial charge in [0.15, 0.2) is 5.13 Å². The highest BCUT2D eigenvalue weighted by molar-refractivity contribution is 7.14. The molecule has 4 nitrogen and oxygen atoms in total. The fourth-order valence-corrected chi connectivity index (χ4v) is 3.55. The highest BCUT2D eigenvalue weighted by Gasteiger charge is 2.19. The van der Waals surface area contributed by atoms with E-state index in [1.807, 2.05) is 5.38 Å². The van der Waals surface area contributed by atoms with Crippen LogP contribution in [0.3, 0.4) is 0 Å². The number of hydrogen-bond donors (Lipinski definition) is 2. The maximum absolute atomic E-state index is 12.5. The first-order valence-corrected chi connectivity index (χ1v) is 9.64. The van der Waals surface area contributed by atoms with Gasteiger partial charge in [-0.15, -0.1) is 11.3 Å². The van der Waals surface area contributed by atoms with Gasteiger partial charge in [0.25, 0.3) is 0 Å². The lowest BCUT2D eigenvalue weighted by molar-refractivity contribution is 0.262. The van der Waals surface area contributed by atoms with Crippen LogP contribution in [0.25, 0.3) is 0 Å². The molecular formula is C20H29N3OS. The van der Waals surface area contributed by atoms with Crippen molar-refractivity contribution in [3.63, 3.8) is 0 Å². The molecule has 1 heterocycles. The summed E-state index contributed by atoms with van der Waals surface area (Å²) in [5.74, 6) is 0.669. The van der Waals surface area contributed by atoms with E-state index < -0.39 is 0 Å². The Morgan fingerprint density at radius 1 is 1.04 bits per heavy atom. The second-order valence-electron chi connectivity index (χ2n) is 7.99. The average molecular weight is 360 g/mol. The molecule has 0 fully saturated rings. The molecule has 0 aliphatic heterocycles. The summed E-state index contributed by atoms with van der Waals surface area (Å²) in [5.41, 5.74) is 4.17. The van der Waals surface area contributed by atoms with Crippen LogP contribution in [0, 0.1) is 0 Å². The molecule has 0 aliphatic carbocycles. The number of aromatic nitrogens is 1. The van der Waals surface area contributed by atoms with Gasteiger partial charge < -0.3 is 5.32 Å². The lowest BCUT2D eigenvalue weighted by atomic mass is 9.93. The highest BCUT2D eigenvalue weighted by atomic mass is 32.1. The van der Waals surface area contributed by atoms with Gasteiger partial charge in [0.1, 0.15) is 0 Å². The second-order valence-corrected chi connectivity index (χ2v) is 8.85. The van der Waals surface area contributed by atoms with Crippen molar-refractivity contribution >= 4 is 28.2 Å². The average Bonchev–Trinajstić information content (AvgIpc) is 2.95. The molecule has 136 valence electrons. The predicted molar refractivity (Wildman–Crippen MR) is 108 cm³/mol.